The molecule has 2 nitrogen and oxygen atoms in total. The summed E-state index contributed by atoms with van der Waals surface area (Å²) in [5.74, 6) is 3.66. The van der Waals surface area contributed by atoms with Crippen molar-refractivity contribution >= 4 is 8.32 Å². The van der Waals surface area contributed by atoms with Crippen molar-refractivity contribution in [3.05, 3.63) is 29.3 Å². The van der Waals surface area contributed by atoms with Crippen molar-refractivity contribution in [2.75, 3.05) is 0 Å². The molecule has 6 atom stereocenters. The first-order valence-electron chi connectivity index (χ1n) is 9.82. The van der Waals surface area contributed by atoms with Gasteiger partial charge in [-0.1, -0.05) is 13.0 Å². The number of aryl methyl sites for hydroxylation is 1. The third-order valence-corrected chi connectivity index (χ3v) is 8.13. The second-order valence-electron chi connectivity index (χ2n) is 9.87. The van der Waals surface area contributed by atoms with E-state index in [4.69, 9.17) is 9.16 Å². The van der Waals surface area contributed by atoms with Crippen LogP contribution in [-0.2, 0) is 11.2 Å². The quantitative estimate of drug-likeness (QED) is 0.549. The Hall–Kier alpha value is -0.803. The highest BCUT2D eigenvalue weighted by Crippen LogP contribution is 2.66. The highest BCUT2D eigenvalue weighted by atomic mass is 28.4. The Labute approximate surface area is 147 Å². The molecule has 0 radical (unpaired) electrons. The largest absolute Gasteiger partial charge is 0.544 e. The van der Waals surface area contributed by atoms with E-state index in [9.17, 15) is 0 Å². The SMILES string of the molecule is C[C@]12CC[C@@H]3c4ccc(O[Si](C)(C)C)cc4CC[C@H]3[C@@H]1C[C@H]1O[C@H]12. The minimum absolute atomic E-state index is 0.476. The van der Waals surface area contributed by atoms with Gasteiger partial charge in [0, 0.05) is 0 Å². The fraction of sp³-hybridized carbons (Fsp3) is 0.714. The van der Waals surface area contributed by atoms with Gasteiger partial charge >= 0.3 is 0 Å². The van der Waals surface area contributed by atoms with Crippen LogP contribution in [0.5, 0.6) is 5.75 Å². The van der Waals surface area contributed by atoms with Crippen LogP contribution in [-0.4, -0.2) is 20.5 Å². The molecule has 130 valence electrons. The van der Waals surface area contributed by atoms with Crippen molar-refractivity contribution in [1.82, 2.24) is 0 Å². The minimum atomic E-state index is -1.52. The summed E-state index contributed by atoms with van der Waals surface area (Å²) < 4.78 is 12.2. The molecule has 0 bridgehead atoms. The first kappa shape index (κ1) is 15.5. The molecule has 1 heterocycles. The standard InChI is InChI=1S/C21H30O2Si/c1-21-10-9-16-15-8-6-14(23-24(2,3)4)11-13(15)5-7-17(16)18(21)12-19-20(21)22-19/h6,8,11,16-20H,5,7,9-10,12H2,1-4H3/t16-,17-,18+,19-,20-,21+/m1/s1. The summed E-state index contributed by atoms with van der Waals surface area (Å²) >= 11 is 0. The van der Waals surface area contributed by atoms with Crippen LogP contribution < -0.4 is 4.43 Å². The maximum Gasteiger partial charge on any atom is 0.242 e. The van der Waals surface area contributed by atoms with Crippen LogP contribution in [0.4, 0.5) is 0 Å². The lowest BCUT2D eigenvalue weighted by atomic mass is 9.55. The highest BCUT2D eigenvalue weighted by Gasteiger charge is 2.66. The third kappa shape index (κ3) is 2.24. The molecule has 3 fully saturated rings. The fourth-order valence-electron chi connectivity index (χ4n) is 6.27. The summed E-state index contributed by atoms with van der Waals surface area (Å²) in [6, 6.07) is 6.99. The number of ether oxygens (including phenoxy) is 1. The summed E-state index contributed by atoms with van der Waals surface area (Å²) in [5, 5.41) is 0. The van der Waals surface area contributed by atoms with E-state index in [0.717, 1.165) is 23.5 Å². The summed E-state index contributed by atoms with van der Waals surface area (Å²) in [4.78, 5) is 0. The monoisotopic (exact) mass is 342 g/mol. The topological polar surface area (TPSA) is 21.8 Å². The average molecular weight is 343 g/mol. The molecule has 0 unspecified atom stereocenters. The molecule has 1 aromatic rings. The molecular formula is C21H30O2Si. The lowest BCUT2D eigenvalue weighted by Crippen LogP contribution is -2.42. The first-order chi connectivity index (χ1) is 11.4. The Bertz CT molecular complexity index is 679. The summed E-state index contributed by atoms with van der Waals surface area (Å²) in [6.07, 6.45) is 7.84. The average Bonchev–Trinajstić information content (AvgIpc) is 3.22. The smallest absolute Gasteiger partial charge is 0.242 e. The van der Waals surface area contributed by atoms with Crippen molar-refractivity contribution in [1.29, 1.82) is 0 Å². The normalized spacial score (nSPS) is 42.6. The van der Waals surface area contributed by atoms with Gasteiger partial charge in [-0.25, -0.2) is 0 Å². The van der Waals surface area contributed by atoms with E-state index >= 15 is 0 Å². The molecule has 4 aliphatic rings. The van der Waals surface area contributed by atoms with E-state index in [0.29, 0.717) is 17.6 Å². The van der Waals surface area contributed by atoms with Crippen molar-refractivity contribution in [2.45, 2.75) is 76.8 Å². The zero-order chi connectivity index (χ0) is 16.7. The molecule has 1 aliphatic heterocycles. The van der Waals surface area contributed by atoms with Crippen molar-refractivity contribution in [2.24, 2.45) is 17.3 Å². The van der Waals surface area contributed by atoms with Gasteiger partial charge in [-0.3, -0.25) is 0 Å². The van der Waals surface area contributed by atoms with Crippen LogP contribution >= 0.6 is 0 Å². The predicted octanol–water partition coefficient (Wildman–Crippen LogP) is 5.13. The number of rotatable bonds is 2. The van der Waals surface area contributed by atoms with Crippen molar-refractivity contribution in [3.63, 3.8) is 0 Å². The van der Waals surface area contributed by atoms with Crippen LogP contribution in [0.15, 0.2) is 18.2 Å². The van der Waals surface area contributed by atoms with Gasteiger partial charge in [0.25, 0.3) is 0 Å². The van der Waals surface area contributed by atoms with E-state index < -0.39 is 8.32 Å². The van der Waals surface area contributed by atoms with Gasteiger partial charge in [0.05, 0.1) is 12.2 Å². The van der Waals surface area contributed by atoms with E-state index in [1.165, 1.54) is 32.1 Å². The maximum atomic E-state index is 6.23. The molecule has 1 saturated heterocycles. The van der Waals surface area contributed by atoms with Crippen LogP contribution in [0.2, 0.25) is 19.6 Å². The summed E-state index contributed by atoms with van der Waals surface area (Å²) in [6.45, 7) is 9.31. The second kappa shape index (κ2) is 4.88. The molecule has 2 saturated carbocycles. The molecule has 0 amide bonds. The van der Waals surface area contributed by atoms with Gasteiger partial charge in [-0.05, 0) is 98.2 Å². The van der Waals surface area contributed by atoms with Gasteiger partial charge in [-0.15, -0.1) is 0 Å². The van der Waals surface area contributed by atoms with E-state index in [-0.39, 0.29) is 0 Å². The van der Waals surface area contributed by atoms with Gasteiger partial charge in [-0.2, -0.15) is 0 Å². The summed E-state index contributed by atoms with van der Waals surface area (Å²) in [7, 11) is -1.52. The van der Waals surface area contributed by atoms with Crippen LogP contribution in [0, 0.1) is 17.3 Å². The summed E-state index contributed by atoms with van der Waals surface area (Å²) in [5.41, 5.74) is 3.68. The van der Waals surface area contributed by atoms with Crippen molar-refractivity contribution < 1.29 is 9.16 Å². The molecule has 0 N–H and O–H groups in total. The molecule has 3 heteroatoms. The first-order valence-corrected chi connectivity index (χ1v) is 13.2. The van der Waals surface area contributed by atoms with Crippen LogP contribution in [0.25, 0.3) is 0 Å². The lowest BCUT2D eigenvalue weighted by molar-refractivity contribution is 0.00419. The fourth-order valence-corrected chi connectivity index (χ4v) is 7.11. The Kier molecular flexibility index (Phi) is 3.14. The molecule has 0 spiro atoms. The molecule has 0 aromatic heterocycles. The predicted molar refractivity (Wildman–Crippen MR) is 99.1 cm³/mol. The van der Waals surface area contributed by atoms with Crippen LogP contribution in [0.3, 0.4) is 0 Å². The zero-order valence-corrected chi connectivity index (χ0v) is 16.5. The van der Waals surface area contributed by atoms with Gasteiger partial charge in [0.1, 0.15) is 5.75 Å². The van der Waals surface area contributed by atoms with Crippen molar-refractivity contribution in [3.8, 4) is 5.75 Å². The highest BCUT2D eigenvalue weighted by molar-refractivity contribution is 6.70. The Morgan fingerprint density at radius 3 is 2.83 bits per heavy atom. The van der Waals surface area contributed by atoms with E-state index in [2.05, 4.69) is 44.8 Å². The zero-order valence-electron chi connectivity index (χ0n) is 15.5. The Morgan fingerprint density at radius 1 is 1.21 bits per heavy atom. The number of benzene rings is 1. The minimum Gasteiger partial charge on any atom is -0.544 e. The lowest BCUT2D eigenvalue weighted by Gasteiger charge is -2.50. The molecule has 24 heavy (non-hydrogen) atoms. The molecule has 3 aliphatic carbocycles. The molecular weight excluding hydrogens is 312 g/mol. The number of fused-ring (bicyclic) bond motifs is 7. The van der Waals surface area contributed by atoms with E-state index in [1.807, 2.05) is 0 Å². The van der Waals surface area contributed by atoms with Gasteiger partial charge < -0.3 is 9.16 Å². The second-order valence-corrected chi connectivity index (χ2v) is 14.3. The number of epoxide rings is 1. The Morgan fingerprint density at radius 2 is 2.04 bits per heavy atom. The number of hydrogen-bond donors (Lipinski definition) is 0. The third-order valence-electron chi connectivity index (χ3n) is 7.28. The van der Waals surface area contributed by atoms with Gasteiger partial charge in [0.15, 0.2) is 0 Å². The number of hydrogen-bond acceptors (Lipinski definition) is 2. The maximum absolute atomic E-state index is 6.23. The molecule has 5 rings (SSSR count). The van der Waals surface area contributed by atoms with Crippen LogP contribution in [0.1, 0.15) is 49.7 Å². The van der Waals surface area contributed by atoms with Gasteiger partial charge in [0.2, 0.25) is 8.32 Å². The Balaban J connectivity index is 1.43. The van der Waals surface area contributed by atoms with E-state index in [1.54, 1.807) is 11.1 Å². The molecule has 1 aromatic carbocycles.